The van der Waals surface area contributed by atoms with E-state index in [4.69, 9.17) is 32.7 Å². The van der Waals surface area contributed by atoms with Crippen LogP contribution in [-0.2, 0) is 23.6 Å². The Labute approximate surface area is 317 Å². The molecule has 2 atom stereocenters. The first-order chi connectivity index (χ1) is 26.4. The van der Waals surface area contributed by atoms with Crippen LogP contribution in [0.1, 0.15) is 51.0 Å². The van der Waals surface area contributed by atoms with Crippen molar-refractivity contribution in [1.29, 1.82) is 0 Å². The van der Waals surface area contributed by atoms with Crippen molar-refractivity contribution >= 4 is 34.5 Å². The molecule has 18 nitrogen and oxygen atoms in total. The first kappa shape index (κ1) is 34.2. The first-order valence-electron chi connectivity index (χ1n) is 17.6. The van der Waals surface area contributed by atoms with E-state index in [1.807, 2.05) is 72.5 Å². The fraction of sp³-hybridized carbons (Fsp3) is 0.353. The zero-order valence-electron chi connectivity index (χ0n) is 29.3. The van der Waals surface area contributed by atoms with E-state index in [1.165, 1.54) is 0 Å². The second-order valence-electron chi connectivity index (χ2n) is 13.0. The number of ether oxygens (including phenoxy) is 2. The molecule has 276 valence electrons. The Morgan fingerprint density at radius 1 is 0.537 bits per heavy atom. The van der Waals surface area contributed by atoms with Crippen LogP contribution in [0, 0.1) is 0 Å². The summed E-state index contributed by atoms with van der Waals surface area (Å²) >= 11 is 12.5. The lowest BCUT2D eigenvalue weighted by molar-refractivity contribution is -0.0394. The number of hydrogen-bond donors (Lipinski definition) is 0. The van der Waals surface area contributed by atoms with Crippen molar-refractivity contribution in [3.05, 3.63) is 71.5 Å². The molecule has 0 N–H and O–H groups in total. The average molecular weight is 770 g/mol. The molecule has 10 rings (SSSR count). The Morgan fingerprint density at radius 3 is 1.37 bits per heavy atom. The van der Waals surface area contributed by atoms with Crippen molar-refractivity contribution < 1.29 is 9.47 Å². The van der Waals surface area contributed by atoms with Gasteiger partial charge in [0.1, 0.15) is 23.8 Å². The molecule has 0 amide bonds. The predicted octanol–water partition coefficient (Wildman–Crippen LogP) is 5.48. The van der Waals surface area contributed by atoms with Crippen LogP contribution in [0.25, 0.3) is 56.8 Å². The van der Waals surface area contributed by atoms with Gasteiger partial charge in [-0.25, -0.2) is 9.36 Å². The Hall–Kier alpha value is -5.56. The highest BCUT2D eigenvalue weighted by atomic mass is 35.5. The Bertz CT molecular complexity index is 2390. The fourth-order valence-electron chi connectivity index (χ4n) is 6.61. The van der Waals surface area contributed by atoms with E-state index in [0.29, 0.717) is 44.6 Å². The normalized spacial score (nSPS) is 17.6. The summed E-state index contributed by atoms with van der Waals surface area (Å²) in [7, 11) is 3.72. The van der Waals surface area contributed by atoms with Crippen molar-refractivity contribution in [2.24, 2.45) is 14.1 Å². The monoisotopic (exact) mass is 768 g/mol. The molecule has 2 saturated heterocycles. The highest BCUT2D eigenvalue weighted by Crippen LogP contribution is 2.30. The van der Waals surface area contributed by atoms with Crippen LogP contribution in [0.5, 0.6) is 0 Å². The van der Waals surface area contributed by atoms with Crippen molar-refractivity contribution in [3.8, 4) is 45.6 Å². The Kier molecular flexibility index (Phi) is 9.09. The molecule has 2 aliphatic rings. The lowest BCUT2D eigenvalue weighted by Crippen LogP contribution is -2.18. The van der Waals surface area contributed by atoms with E-state index >= 15 is 0 Å². The summed E-state index contributed by atoms with van der Waals surface area (Å²) in [6.45, 7) is 1.52. The van der Waals surface area contributed by atoms with Gasteiger partial charge in [-0.1, -0.05) is 23.2 Å². The smallest absolute Gasteiger partial charge is 0.205 e. The zero-order valence-corrected chi connectivity index (χ0v) is 30.8. The van der Waals surface area contributed by atoms with E-state index in [-0.39, 0.29) is 12.5 Å². The van der Waals surface area contributed by atoms with Crippen LogP contribution in [-0.4, -0.2) is 92.0 Å². The molecular formula is C34H34Cl2N16O2. The number of rotatable bonds is 6. The Morgan fingerprint density at radius 2 is 0.981 bits per heavy atom. The lowest BCUT2D eigenvalue weighted by atomic mass is 10.2. The third kappa shape index (κ3) is 6.61. The molecule has 2 fully saturated rings. The first-order valence-corrected chi connectivity index (χ1v) is 18.3. The van der Waals surface area contributed by atoms with Gasteiger partial charge in [-0.3, -0.25) is 9.36 Å². The van der Waals surface area contributed by atoms with E-state index in [2.05, 4.69) is 51.0 Å². The predicted molar refractivity (Wildman–Crippen MR) is 196 cm³/mol. The molecule has 0 aromatic carbocycles. The van der Waals surface area contributed by atoms with E-state index < -0.39 is 0 Å². The van der Waals surface area contributed by atoms with Gasteiger partial charge >= 0.3 is 0 Å². The van der Waals surface area contributed by atoms with Gasteiger partial charge in [0.05, 0.1) is 22.5 Å². The summed E-state index contributed by atoms with van der Waals surface area (Å²) in [5.41, 5.74) is 5.54. The summed E-state index contributed by atoms with van der Waals surface area (Å²) in [4.78, 5) is 0. The summed E-state index contributed by atoms with van der Waals surface area (Å²) in [5.74, 6) is 1.05. The third-order valence-electron chi connectivity index (χ3n) is 9.24. The zero-order chi connectivity index (χ0) is 36.8. The number of aryl methyl sites for hydroxylation is 2. The third-order valence-corrected chi connectivity index (χ3v) is 9.61. The molecule has 0 radical (unpaired) electrons. The van der Waals surface area contributed by atoms with Crippen LogP contribution < -0.4 is 0 Å². The molecule has 0 spiro atoms. The van der Waals surface area contributed by atoms with Gasteiger partial charge < -0.3 is 9.47 Å². The topological polar surface area (TPSA) is 176 Å². The maximum absolute atomic E-state index is 6.26. The number of hydrogen-bond acceptors (Lipinski definition) is 12. The summed E-state index contributed by atoms with van der Waals surface area (Å²) in [6, 6.07) is 11.1. The molecule has 54 heavy (non-hydrogen) atoms. The maximum Gasteiger partial charge on any atom is 0.205 e. The SMILES string of the molecule is Cn1ccc(-c2cc(Cl)nn3c(-c4ccn(C5CCCCO5)n4)nnc23)n1.Cn1ccc(-c2cc(Cl)nn3c(-c4ccn(C5CCCCO5)n4)nnc23)n1. The molecule has 2 unspecified atom stereocenters. The summed E-state index contributed by atoms with van der Waals surface area (Å²) < 4.78 is 21.9. The van der Waals surface area contributed by atoms with Crippen LogP contribution in [0.3, 0.4) is 0 Å². The quantitative estimate of drug-likeness (QED) is 0.209. The summed E-state index contributed by atoms with van der Waals surface area (Å²) in [5, 5.41) is 44.7. The second kappa shape index (κ2) is 14.3. The van der Waals surface area contributed by atoms with E-state index in [1.54, 1.807) is 30.5 Å². The minimum Gasteiger partial charge on any atom is -0.357 e. The average Bonchev–Trinajstić information content (AvgIpc) is 4.04. The van der Waals surface area contributed by atoms with Gasteiger partial charge in [0, 0.05) is 52.1 Å². The number of fused-ring (bicyclic) bond motifs is 2. The van der Waals surface area contributed by atoms with Crippen molar-refractivity contribution in [1.82, 2.24) is 78.7 Å². The summed E-state index contributed by atoms with van der Waals surface area (Å²) in [6.07, 6.45) is 13.8. The number of aromatic nitrogens is 16. The van der Waals surface area contributed by atoms with Gasteiger partial charge in [0.2, 0.25) is 11.6 Å². The van der Waals surface area contributed by atoms with Gasteiger partial charge in [-0.15, -0.1) is 20.4 Å². The van der Waals surface area contributed by atoms with Crippen LogP contribution in [0.4, 0.5) is 0 Å². The van der Waals surface area contributed by atoms with E-state index in [0.717, 1.165) is 74.3 Å². The highest BCUT2D eigenvalue weighted by Gasteiger charge is 2.23. The standard InChI is InChI=1S/2C17H17ClN8O/c2*1-24-7-5-12(21-24)11-10-14(18)23-26-16(11)19-20-17(26)13-6-8-25(22-13)15-4-2-3-9-27-15/h2*5-8,10,15H,2-4,9H2,1H3. The maximum atomic E-state index is 6.26. The number of halogens is 2. The minimum absolute atomic E-state index is 0.0349. The number of nitrogens with zero attached hydrogens (tertiary/aromatic N) is 16. The molecule has 0 aliphatic carbocycles. The minimum atomic E-state index is -0.0349. The molecule has 10 heterocycles. The lowest BCUT2D eigenvalue weighted by Gasteiger charge is -2.22. The molecule has 2 aliphatic heterocycles. The molecule has 0 saturated carbocycles. The molecular weight excluding hydrogens is 735 g/mol. The molecule has 0 bridgehead atoms. The molecule has 8 aromatic rings. The van der Waals surface area contributed by atoms with Crippen molar-refractivity contribution in [2.45, 2.75) is 51.0 Å². The van der Waals surface area contributed by atoms with Crippen LogP contribution >= 0.6 is 23.2 Å². The van der Waals surface area contributed by atoms with Crippen molar-refractivity contribution in [2.75, 3.05) is 13.2 Å². The fourth-order valence-corrected chi connectivity index (χ4v) is 6.98. The van der Waals surface area contributed by atoms with E-state index in [9.17, 15) is 0 Å². The Balaban J connectivity index is 0.000000142. The molecule has 20 heteroatoms. The second-order valence-corrected chi connectivity index (χ2v) is 13.8. The van der Waals surface area contributed by atoms with Crippen molar-refractivity contribution in [3.63, 3.8) is 0 Å². The highest BCUT2D eigenvalue weighted by molar-refractivity contribution is 6.30. The van der Waals surface area contributed by atoms with Gasteiger partial charge in [-0.2, -0.15) is 39.6 Å². The molecule has 8 aromatic heterocycles. The largest absolute Gasteiger partial charge is 0.357 e. The van der Waals surface area contributed by atoms with Gasteiger partial charge in [0.25, 0.3) is 0 Å². The van der Waals surface area contributed by atoms with Crippen LogP contribution in [0.2, 0.25) is 10.3 Å². The van der Waals surface area contributed by atoms with Gasteiger partial charge in [-0.05, 0) is 74.9 Å². The van der Waals surface area contributed by atoms with Crippen LogP contribution in [0.15, 0.2) is 61.2 Å². The van der Waals surface area contributed by atoms with Gasteiger partial charge in [0.15, 0.2) is 21.6 Å².